The highest BCUT2D eigenvalue weighted by atomic mass is 16.8. The normalized spacial score (nSPS) is 43.8. The van der Waals surface area contributed by atoms with Crippen molar-refractivity contribution in [3.63, 3.8) is 0 Å². The Kier molecular flexibility index (Phi) is 1.29. The maximum Gasteiger partial charge on any atom is 0.163 e. The summed E-state index contributed by atoms with van der Waals surface area (Å²) in [5.41, 5.74) is 0. The Morgan fingerprint density at radius 2 is 1.60 bits per heavy atom. The molecule has 0 bridgehead atoms. The molecule has 0 aromatic heterocycles. The van der Waals surface area contributed by atoms with E-state index in [0.29, 0.717) is 12.2 Å². The van der Waals surface area contributed by atoms with Gasteiger partial charge < -0.3 is 9.47 Å². The van der Waals surface area contributed by atoms with Crippen LogP contribution in [0.2, 0.25) is 0 Å². The third-order valence-electron chi connectivity index (χ3n) is 2.26. The minimum Gasteiger partial charge on any atom is -0.345 e. The lowest BCUT2D eigenvalue weighted by molar-refractivity contribution is -0.151. The van der Waals surface area contributed by atoms with Gasteiger partial charge in [-0.25, -0.2) is 0 Å². The molecule has 2 fully saturated rings. The Balaban J connectivity index is 2.07. The summed E-state index contributed by atoms with van der Waals surface area (Å²) in [6.45, 7) is 3.98. The summed E-state index contributed by atoms with van der Waals surface area (Å²) in [6, 6.07) is 0. The number of fused-ring (bicyclic) bond motifs is 1. The molecule has 58 valence electrons. The maximum atomic E-state index is 5.65. The van der Waals surface area contributed by atoms with Crippen LogP contribution in [0.15, 0.2) is 0 Å². The highest BCUT2D eigenvalue weighted by Gasteiger charge is 2.43. The number of hydrogen-bond acceptors (Lipinski definition) is 2. The van der Waals surface area contributed by atoms with E-state index in [2.05, 4.69) is 0 Å². The second kappa shape index (κ2) is 1.95. The van der Waals surface area contributed by atoms with E-state index < -0.39 is 0 Å². The molecule has 1 saturated heterocycles. The van der Waals surface area contributed by atoms with Gasteiger partial charge in [-0.3, -0.25) is 0 Å². The van der Waals surface area contributed by atoms with Gasteiger partial charge >= 0.3 is 0 Å². The van der Waals surface area contributed by atoms with Gasteiger partial charge in [-0.2, -0.15) is 0 Å². The van der Waals surface area contributed by atoms with Gasteiger partial charge in [0.25, 0.3) is 0 Å². The largest absolute Gasteiger partial charge is 0.345 e. The van der Waals surface area contributed by atoms with Gasteiger partial charge in [0.2, 0.25) is 0 Å². The standard InChI is InChI=1S/C8H14O2/c1-8(2)9-6-4-3-5-7(6)10-8/h6-7H,3-5H2,1-2H3/t6-,7-/m0/s1. The van der Waals surface area contributed by atoms with Crippen molar-refractivity contribution in [3.8, 4) is 0 Å². The second-order valence-electron chi connectivity index (χ2n) is 3.64. The number of ether oxygens (including phenoxy) is 2. The average Bonchev–Trinajstić information content (AvgIpc) is 2.20. The first kappa shape index (κ1) is 6.62. The third-order valence-corrected chi connectivity index (χ3v) is 2.26. The van der Waals surface area contributed by atoms with Crippen LogP contribution >= 0.6 is 0 Å². The van der Waals surface area contributed by atoms with Gasteiger partial charge in [-0.05, 0) is 33.1 Å². The van der Waals surface area contributed by atoms with Crippen LogP contribution in [-0.2, 0) is 9.47 Å². The van der Waals surface area contributed by atoms with Gasteiger partial charge in [0.1, 0.15) is 0 Å². The van der Waals surface area contributed by atoms with E-state index in [1.807, 2.05) is 13.8 Å². The zero-order chi connectivity index (χ0) is 7.19. The Hall–Kier alpha value is -0.0800. The zero-order valence-corrected chi connectivity index (χ0v) is 6.59. The van der Waals surface area contributed by atoms with Gasteiger partial charge in [-0.15, -0.1) is 0 Å². The molecule has 0 radical (unpaired) electrons. The topological polar surface area (TPSA) is 18.5 Å². The summed E-state index contributed by atoms with van der Waals surface area (Å²) in [5, 5.41) is 0. The van der Waals surface area contributed by atoms with Crippen molar-refractivity contribution >= 4 is 0 Å². The molecule has 0 aromatic rings. The highest BCUT2D eigenvalue weighted by molar-refractivity contribution is 4.86. The monoisotopic (exact) mass is 142 g/mol. The van der Waals surface area contributed by atoms with Crippen molar-refractivity contribution in [2.45, 2.75) is 51.1 Å². The Labute approximate surface area is 61.5 Å². The number of hydrogen-bond donors (Lipinski definition) is 0. The van der Waals surface area contributed by atoms with Crippen molar-refractivity contribution in [2.75, 3.05) is 0 Å². The van der Waals surface area contributed by atoms with E-state index in [1.54, 1.807) is 0 Å². The molecular weight excluding hydrogens is 128 g/mol. The minimum atomic E-state index is -0.310. The first-order valence-corrected chi connectivity index (χ1v) is 4.03. The molecule has 2 aliphatic rings. The molecule has 0 unspecified atom stereocenters. The first-order chi connectivity index (χ1) is 4.67. The van der Waals surface area contributed by atoms with Gasteiger partial charge in [-0.1, -0.05) is 0 Å². The quantitative estimate of drug-likeness (QED) is 0.512. The molecule has 10 heavy (non-hydrogen) atoms. The molecule has 2 heteroatoms. The maximum absolute atomic E-state index is 5.65. The van der Waals surface area contributed by atoms with Crippen LogP contribution in [0.1, 0.15) is 33.1 Å². The van der Waals surface area contributed by atoms with Crippen molar-refractivity contribution in [2.24, 2.45) is 0 Å². The van der Waals surface area contributed by atoms with E-state index >= 15 is 0 Å². The Morgan fingerprint density at radius 1 is 1.10 bits per heavy atom. The molecule has 0 amide bonds. The van der Waals surface area contributed by atoms with Crippen LogP contribution < -0.4 is 0 Å². The fourth-order valence-electron chi connectivity index (χ4n) is 1.92. The molecule has 1 heterocycles. The number of rotatable bonds is 0. The first-order valence-electron chi connectivity index (χ1n) is 4.03. The van der Waals surface area contributed by atoms with Crippen molar-refractivity contribution in [1.29, 1.82) is 0 Å². The summed E-state index contributed by atoms with van der Waals surface area (Å²) in [4.78, 5) is 0. The predicted octanol–water partition coefficient (Wildman–Crippen LogP) is 1.69. The van der Waals surface area contributed by atoms with Crippen molar-refractivity contribution in [3.05, 3.63) is 0 Å². The molecule has 1 aliphatic heterocycles. The lowest BCUT2D eigenvalue weighted by Gasteiger charge is -2.17. The summed E-state index contributed by atoms with van der Waals surface area (Å²) >= 11 is 0. The molecule has 0 spiro atoms. The molecule has 2 nitrogen and oxygen atoms in total. The van der Waals surface area contributed by atoms with E-state index in [9.17, 15) is 0 Å². The van der Waals surface area contributed by atoms with Crippen LogP contribution in [0, 0.1) is 0 Å². The molecule has 2 rings (SSSR count). The Morgan fingerprint density at radius 3 is 2.10 bits per heavy atom. The molecule has 0 N–H and O–H groups in total. The summed E-state index contributed by atoms with van der Waals surface area (Å²) in [7, 11) is 0. The Bertz CT molecular complexity index is 128. The average molecular weight is 142 g/mol. The van der Waals surface area contributed by atoms with E-state index in [4.69, 9.17) is 9.47 Å². The van der Waals surface area contributed by atoms with Crippen molar-refractivity contribution < 1.29 is 9.47 Å². The fourth-order valence-corrected chi connectivity index (χ4v) is 1.92. The smallest absolute Gasteiger partial charge is 0.163 e. The summed E-state index contributed by atoms with van der Waals surface area (Å²) in [6.07, 6.45) is 4.44. The fraction of sp³-hybridized carbons (Fsp3) is 1.00. The van der Waals surface area contributed by atoms with Crippen LogP contribution in [-0.4, -0.2) is 18.0 Å². The molecule has 0 aromatic carbocycles. The second-order valence-corrected chi connectivity index (χ2v) is 3.64. The van der Waals surface area contributed by atoms with Gasteiger partial charge in [0.15, 0.2) is 5.79 Å². The zero-order valence-electron chi connectivity index (χ0n) is 6.59. The molecular formula is C8H14O2. The van der Waals surface area contributed by atoms with Crippen LogP contribution in [0.5, 0.6) is 0 Å². The van der Waals surface area contributed by atoms with Gasteiger partial charge in [0.05, 0.1) is 12.2 Å². The molecule has 2 atom stereocenters. The molecule has 1 aliphatic carbocycles. The SMILES string of the molecule is CC1(C)O[C@H]2CCC[C@@H]2O1. The minimum absolute atomic E-state index is 0.310. The van der Waals surface area contributed by atoms with Crippen LogP contribution in [0.25, 0.3) is 0 Å². The van der Waals surface area contributed by atoms with E-state index in [0.717, 1.165) is 0 Å². The van der Waals surface area contributed by atoms with Gasteiger partial charge in [0, 0.05) is 0 Å². The lowest BCUT2D eigenvalue weighted by atomic mass is 10.3. The summed E-state index contributed by atoms with van der Waals surface area (Å²) in [5.74, 6) is -0.310. The lowest BCUT2D eigenvalue weighted by Crippen LogP contribution is -2.21. The van der Waals surface area contributed by atoms with Crippen LogP contribution in [0.3, 0.4) is 0 Å². The van der Waals surface area contributed by atoms with Crippen molar-refractivity contribution in [1.82, 2.24) is 0 Å². The highest BCUT2D eigenvalue weighted by Crippen LogP contribution is 2.37. The van der Waals surface area contributed by atoms with E-state index in [-0.39, 0.29) is 5.79 Å². The van der Waals surface area contributed by atoms with E-state index in [1.165, 1.54) is 19.3 Å². The van der Waals surface area contributed by atoms with Crippen LogP contribution in [0.4, 0.5) is 0 Å². The molecule has 1 saturated carbocycles. The predicted molar refractivity (Wildman–Crippen MR) is 37.7 cm³/mol. The third kappa shape index (κ3) is 0.956. The summed E-state index contributed by atoms with van der Waals surface area (Å²) < 4.78 is 11.3.